The van der Waals surface area contributed by atoms with Crippen molar-refractivity contribution in [3.05, 3.63) is 29.8 Å². The Morgan fingerprint density at radius 2 is 2.00 bits per heavy atom. The molecule has 0 saturated heterocycles. The summed E-state index contributed by atoms with van der Waals surface area (Å²) in [5.74, 6) is 2.61. The summed E-state index contributed by atoms with van der Waals surface area (Å²) in [5, 5.41) is 6.56. The predicted octanol–water partition coefficient (Wildman–Crippen LogP) is 3.36. The number of nitrogens with zero attached hydrogens (tertiary/aromatic N) is 1. The number of benzene rings is 1. The first-order valence-electron chi connectivity index (χ1n) is 9.08. The van der Waals surface area contributed by atoms with Crippen LogP contribution in [0.3, 0.4) is 0 Å². The number of aryl methyl sites for hydroxylation is 1. The summed E-state index contributed by atoms with van der Waals surface area (Å²) in [5.41, 5.74) is 1.16. The van der Waals surface area contributed by atoms with Crippen LogP contribution in [0, 0.1) is 12.8 Å². The number of halogens is 1. The van der Waals surface area contributed by atoms with E-state index in [-0.39, 0.29) is 24.0 Å². The maximum Gasteiger partial charge on any atom is 0.191 e. The van der Waals surface area contributed by atoms with Crippen LogP contribution in [0.2, 0.25) is 0 Å². The molecule has 5 nitrogen and oxygen atoms in total. The zero-order chi connectivity index (χ0) is 17.0. The zero-order valence-electron chi connectivity index (χ0n) is 15.4. The van der Waals surface area contributed by atoms with Gasteiger partial charge in [-0.15, -0.1) is 24.0 Å². The highest BCUT2D eigenvalue weighted by Crippen LogP contribution is 2.28. The summed E-state index contributed by atoms with van der Waals surface area (Å²) in [7, 11) is 0. The van der Waals surface area contributed by atoms with E-state index < -0.39 is 0 Å². The van der Waals surface area contributed by atoms with E-state index in [9.17, 15) is 0 Å². The van der Waals surface area contributed by atoms with E-state index in [0.717, 1.165) is 62.5 Å². The predicted molar refractivity (Wildman–Crippen MR) is 114 cm³/mol. The summed E-state index contributed by atoms with van der Waals surface area (Å²) in [6.07, 6.45) is 3.65. The number of hydrogen-bond acceptors (Lipinski definition) is 3. The lowest BCUT2D eigenvalue weighted by atomic mass is 10.2. The van der Waals surface area contributed by atoms with Gasteiger partial charge in [-0.05, 0) is 50.7 Å². The molecule has 1 aromatic rings. The minimum absolute atomic E-state index is 0. The van der Waals surface area contributed by atoms with Gasteiger partial charge in [0, 0.05) is 26.3 Å². The molecule has 0 aromatic heterocycles. The molecule has 0 atom stereocenters. The molecule has 6 heteroatoms. The molecule has 1 saturated carbocycles. The van der Waals surface area contributed by atoms with E-state index in [1.165, 1.54) is 12.8 Å². The van der Waals surface area contributed by atoms with Gasteiger partial charge < -0.3 is 20.1 Å². The molecular formula is C19H32IN3O2. The molecule has 142 valence electrons. The number of rotatable bonds is 11. The van der Waals surface area contributed by atoms with Crippen molar-refractivity contribution < 1.29 is 9.47 Å². The lowest BCUT2D eigenvalue weighted by Gasteiger charge is -2.13. The van der Waals surface area contributed by atoms with Crippen molar-refractivity contribution >= 4 is 29.9 Å². The van der Waals surface area contributed by atoms with Gasteiger partial charge in [0.05, 0.1) is 6.54 Å². The Hall–Kier alpha value is -1.02. The average molecular weight is 461 g/mol. The monoisotopic (exact) mass is 461 g/mol. The first-order chi connectivity index (χ1) is 11.8. The van der Waals surface area contributed by atoms with Crippen LogP contribution in [0.15, 0.2) is 29.3 Å². The average Bonchev–Trinajstić information content (AvgIpc) is 3.40. The van der Waals surface area contributed by atoms with Crippen LogP contribution in [0.4, 0.5) is 0 Å². The summed E-state index contributed by atoms with van der Waals surface area (Å²) in [6.45, 7) is 8.81. The number of guanidine groups is 1. The van der Waals surface area contributed by atoms with Crippen molar-refractivity contribution in [1.29, 1.82) is 0 Å². The Balaban J connectivity index is 0.00000312. The minimum atomic E-state index is 0. The second-order valence-electron chi connectivity index (χ2n) is 6.17. The van der Waals surface area contributed by atoms with E-state index >= 15 is 0 Å². The Labute approximate surface area is 169 Å². The Morgan fingerprint density at radius 1 is 1.20 bits per heavy atom. The molecular weight excluding hydrogens is 429 g/mol. The van der Waals surface area contributed by atoms with Gasteiger partial charge in [0.15, 0.2) is 5.96 Å². The first kappa shape index (κ1) is 22.0. The summed E-state index contributed by atoms with van der Waals surface area (Å²) < 4.78 is 11.4. The number of aliphatic imine (C=N–C) groups is 1. The van der Waals surface area contributed by atoms with Crippen LogP contribution in [0.25, 0.3) is 0 Å². The lowest BCUT2D eigenvalue weighted by Crippen LogP contribution is -2.39. The first-order valence-corrected chi connectivity index (χ1v) is 9.08. The van der Waals surface area contributed by atoms with Gasteiger partial charge in [0.2, 0.25) is 0 Å². The molecule has 1 fully saturated rings. The van der Waals surface area contributed by atoms with Gasteiger partial charge in [0.25, 0.3) is 0 Å². The molecule has 0 heterocycles. The van der Waals surface area contributed by atoms with Crippen LogP contribution in [-0.2, 0) is 4.74 Å². The molecule has 25 heavy (non-hydrogen) atoms. The quantitative estimate of drug-likeness (QED) is 0.230. The normalized spacial score (nSPS) is 13.9. The Kier molecular flexibility index (Phi) is 11.6. The van der Waals surface area contributed by atoms with Crippen LogP contribution < -0.4 is 15.4 Å². The van der Waals surface area contributed by atoms with Crippen molar-refractivity contribution in [2.45, 2.75) is 33.1 Å². The molecule has 1 aromatic carbocycles. The van der Waals surface area contributed by atoms with Crippen molar-refractivity contribution in [1.82, 2.24) is 10.6 Å². The third-order valence-electron chi connectivity index (χ3n) is 3.86. The number of para-hydroxylation sites is 1. The summed E-state index contributed by atoms with van der Waals surface area (Å²) >= 11 is 0. The molecule has 0 spiro atoms. The van der Waals surface area contributed by atoms with E-state index in [2.05, 4.69) is 35.5 Å². The second-order valence-corrected chi connectivity index (χ2v) is 6.17. The molecule has 0 bridgehead atoms. The van der Waals surface area contributed by atoms with Crippen molar-refractivity contribution in [3.8, 4) is 5.75 Å². The smallest absolute Gasteiger partial charge is 0.191 e. The van der Waals surface area contributed by atoms with Gasteiger partial charge >= 0.3 is 0 Å². The minimum Gasteiger partial charge on any atom is -0.491 e. The fraction of sp³-hybridized carbons (Fsp3) is 0.632. The highest BCUT2D eigenvalue weighted by Gasteiger charge is 2.20. The number of hydrogen-bond donors (Lipinski definition) is 2. The topological polar surface area (TPSA) is 54.9 Å². The number of ether oxygens (including phenoxy) is 2. The van der Waals surface area contributed by atoms with E-state index in [1.54, 1.807) is 0 Å². The third kappa shape index (κ3) is 9.89. The molecule has 2 N–H and O–H groups in total. The molecule has 2 rings (SSSR count). The third-order valence-corrected chi connectivity index (χ3v) is 3.86. The van der Waals surface area contributed by atoms with E-state index in [4.69, 9.17) is 9.47 Å². The molecule has 0 amide bonds. The second kappa shape index (κ2) is 13.2. The van der Waals surface area contributed by atoms with Gasteiger partial charge in [-0.2, -0.15) is 0 Å². The van der Waals surface area contributed by atoms with Gasteiger partial charge in [0.1, 0.15) is 12.4 Å². The summed E-state index contributed by atoms with van der Waals surface area (Å²) in [6, 6.07) is 8.06. The molecule has 1 aliphatic rings. The molecule has 0 radical (unpaired) electrons. The maximum atomic E-state index is 5.79. The SMILES string of the molecule is CCNC(=NCCCOCC1CC1)NCCOc1ccccc1C.I. The van der Waals surface area contributed by atoms with E-state index in [1.807, 2.05) is 18.2 Å². The highest BCUT2D eigenvalue weighted by atomic mass is 127. The van der Waals surface area contributed by atoms with Gasteiger partial charge in [-0.3, -0.25) is 4.99 Å². The highest BCUT2D eigenvalue weighted by molar-refractivity contribution is 14.0. The Morgan fingerprint density at radius 3 is 2.72 bits per heavy atom. The molecule has 0 unspecified atom stereocenters. The maximum absolute atomic E-state index is 5.79. The van der Waals surface area contributed by atoms with Crippen LogP contribution in [0.5, 0.6) is 5.75 Å². The Bertz CT molecular complexity index is 507. The van der Waals surface area contributed by atoms with Crippen LogP contribution in [-0.4, -0.2) is 45.4 Å². The largest absolute Gasteiger partial charge is 0.491 e. The van der Waals surface area contributed by atoms with Gasteiger partial charge in [-0.25, -0.2) is 0 Å². The molecule has 1 aliphatic carbocycles. The number of nitrogens with one attached hydrogen (secondary N) is 2. The van der Waals surface area contributed by atoms with Crippen molar-refractivity contribution in [2.24, 2.45) is 10.9 Å². The zero-order valence-corrected chi connectivity index (χ0v) is 17.8. The van der Waals surface area contributed by atoms with Gasteiger partial charge in [-0.1, -0.05) is 18.2 Å². The van der Waals surface area contributed by atoms with Crippen LogP contribution >= 0.6 is 24.0 Å². The standard InChI is InChI=1S/C19H31N3O2.HI/c1-3-20-19(21-11-6-13-23-15-17-9-10-17)22-12-14-24-18-8-5-4-7-16(18)2;/h4-5,7-8,17H,3,6,9-15H2,1-2H3,(H2,20,21,22);1H. The molecule has 0 aliphatic heterocycles. The fourth-order valence-electron chi connectivity index (χ4n) is 2.28. The van der Waals surface area contributed by atoms with Crippen LogP contribution in [0.1, 0.15) is 31.7 Å². The van der Waals surface area contributed by atoms with E-state index in [0.29, 0.717) is 6.61 Å². The lowest BCUT2D eigenvalue weighted by molar-refractivity contribution is 0.123. The van der Waals surface area contributed by atoms with Crippen molar-refractivity contribution in [2.75, 3.05) is 39.5 Å². The van der Waals surface area contributed by atoms with Crippen molar-refractivity contribution in [3.63, 3.8) is 0 Å². The summed E-state index contributed by atoms with van der Waals surface area (Å²) in [4.78, 5) is 4.57. The fourth-order valence-corrected chi connectivity index (χ4v) is 2.28.